The summed E-state index contributed by atoms with van der Waals surface area (Å²) in [7, 11) is 0. The molecule has 4 heteroatoms. The van der Waals surface area contributed by atoms with Gasteiger partial charge in [-0.25, -0.2) is 10.2 Å². The Morgan fingerprint density at radius 2 is 2.28 bits per heavy atom. The van der Waals surface area contributed by atoms with Gasteiger partial charge in [0, 0.05) is 11.6 Å². The highest BCUT2D eigenvalue weighted by atomic mass is 16.2. The Hall–Kier alpha value is -1.32. The number of hydrogen-bond donors (Lipinski definition) is 2. The quantitative estimate of drug-likeness (QED) is 0.450. The number of rotatable bonds is 4. The summed E-state index contributed by atoms with van der Waals surface area (Å²) < 4.78 is 0. The third-order valence-electron chi connectivity index (χ3n) is 3.85. The second kappa shape index (κ2) is 6.57. The molecule has 1 rings (SSSR count). The third-order valence-corrected chi connectivity index (χ3v) is 3.85. The van der Waals surface area contributed by atoms with E-state index in [1.54, 1.807) is 0 Å². The van der Waals surface area contributed by atoms with Crippen molar-refractivity contribution in [2.45, 2.75) is 47.0 Å². The monoisotopic (exact) mass is 251 g/mol. The molecular weight excluding hydrogens is 226 g/mol. The lowest BCUT2D eigenvalue weighted by Crippen LogP contribution is -2.30. The lowest BCUT2D eigenvalue weighted by molar-refractivity contribution is 0.249. The smallest absolute Gasteiger partial charge is 0.332 e. The van der Waals surface area contributed by atoms with Crippen molar-refractivity contribution in [2.24, 2.45) is 28.6 Å². The number of nitrogens with two attached hydrogens (primary N) is 1. The van der Waals surface area contributed by atoms with Crippen molar-refractivity contribution in [1.29, 1.82) is 0 Å². The van der Waals surface area contributed by atoms with E-state index in [4.69, 9.17) is 5.73 Å². The van der Waals surface area contributed by atoms with Crippen molar-refractivity contribution in [3.63, 3.8) is 0 Å². The number of nitrogens with one attached hydrogen (secondary N) is 1. The van der Waals surface area contributed by atoms with Crippen LogP contribution in [0.4, 0.5) is 4.79 Å². The molecule has 0 aliphatic heterocycles. The fourth-order valence-electron chi connectivity index (χ4n) is 2.54. The van der Waals surface area contributed by atoms with Crippen molar-refractivity contribution in [1.82, 2.24) is 5.43 Å². The van der Waals surface area contributed by atoms with Crippen LogP contribution in [0.15, 0.2) is 16.8 Å². The Morgan fingerprint density at radius 3 is 2.78 bits per heavy atom. The summed E-state index contributed by atoms with van der Waals surface area (Å²) in [6.07, 6.45) is 5.42. The normalized spacial score (nSPS) is 24.9. The van der Waals surface area contributed by atoms with E-state index in [0.717, 1.165) is 25.0 Å². The minimum absolute atomic E-state index is 0.350. The van der Waals surface area contributed by atoms with Gasteiger partial charge < -0.3 is 5.73 Å². The third kappa shape index (κ3) is 3.86. The standard InChI is InChI=1S/C14H25N3O/c1-5-13(16-17-14(15)18)12-8-11(9(2)3)7-6-10(12)4/h6,9,11-12H,5,7-8H2,1-4H3,(H3,15,17,18)/b16-13-/t11-,12+/m0/s1. The molecule has 0 heterocycles. The molecule has 0 radical (unpaired) electrons. The topological polar surface area (TPSA) is 67.5 Å². The van der Waals surface area contributed by atoms with Crippen LogP contribution in [0.2, 0.25) is 0 Å². The van der Waals surface area contributed by atoms with Gasteiger partial charge in [-0.05, 0) is 38.0 Å². The van der Waals surface area contributed by atoms with Gasteiger partial charge in [0.2, 0.25) is 0 Å². The molecule has 0 fully saturated rings. The Morgan fingerprint density at radius 1 is 1.61 bits per heavy atom. The van der Waals surface area contributed by atoms with Gasteiger partial charge in [0.25, 0.3) is 0 Å². The van der Waals surface area contributed by atoms with Crippen LogP contribution in [0, 0.1) is 17.8 Å². The summed E-state index contributed by atoms with van der Waals surface area (Å²) in [5.74, 6) is 1.73. The van der Waals surface area contributed by atoms with Gasteiger partial charge in [-0.2, -0.15) is 5.10 Å². The lowest BCUT2D eigenvalue weighted by Gasteiger charge is -2.31. The Balaban J connectivity index is 2.84. The molecule has 1 aliphatic carbocycles. The van der Waals surface area contributed by atoms with E-state index >= 15 is 0 Å². The highest BCUT2D eigenvalue weighted by Gasteiger charge is 2.27. The van der Waals surface area contributed by atoms with Crippen LogP contribution in [-0.2, 0) is 0 Å². The molecule has 2 atom stereocenters. The molecule has 0 unspecified atom stereocenters. The molecule has 0 saturated carbocycles. The fourth-order valence-corrected chi connectivity index (χ4v) is 2.54. The first-order valence-corrected chi connectivity index (χ1v) is 6.74. The maximum atomic E-state index is 10.7. The number of carbonyl (C=O) groups excluding carboxylic acids is 1. The fraction of sp³-hybridized carbons (Fsp3) is 0.714. The second-order valence-electron chi connectivity index (χ2n) is 5.41. The highest BCUT2D eigenvalue weighted by molar-refractivity contribution is 5.90. The molecule has 2 amide bonds. The number of amides is 2. The van der Waals surface area contributed by atoms with Crippen LogP contribution in [0.1, 0.15) is 47.0 Å². The largest absolute Gasteiger partial charge is 0.350 e. The van der Waals surface area contributed by atoms with E-state index in [9.17, 15) is 4.79 Å². The summed E-state index contributed by atoms with van der Waals surface area (Å²) in [6.45, 7) is 8.74. The first-order valence-electron chi connectivity index (χ1n) is 6.74. The van der Waals surface area contributed by atoms with Gasteiger partial charge in [0.05, 0.1) is 0 Å². The van der Waals surface area contributed by atoms with Crippen molar-refractivity contribution >= 4 is 11.7 Å². The van der Waals surface area contributed by atoms with Gasteiger partial charge >= 0.3 is 6.03 Å². The zero-order valence-electron chi connectivity index (χ0n) is 11.9. The first-order chi connectivity index (χ1) is 8.45. The van der Waals surface area contributed by atoms with Crippen LogP contribution in [0.5, 0.6) is 0 Å². The number of carbonyl (C=O) groups is 1. The number of primary amides is 1. The van der Waals surface area contributed by atoms with Crippen molar-refractivity contribution in [2.75, 3.05) is 0 Å². The molecule has 0 aromatic carbocycles. The zero-order chi connectivity index (χ0) is 13.7. The van der Waals surface area contributed by atoms with E-state index < -0.39 is 6.03 Å². The Bertz CT molecular complexity index is 358. The van der Waals surface area contributed by atoms with E-state index in [1.807, 2.05) is 0 Å². The van der Waals surface area contributed by atoms with Crippen LogP contribution in [-0.4, -0.2) is 11.7 Å². The minimum atomic E-state index is -0.598. The summed E-state index contributed by atoms with van der Waals surface area (Å²) in [4.78, 5) is 10.7. The average molecular weight is 251 g/mol. The molecule has 1 aliphatic rings. The summed E-state index contributed by atoms with van der Waals surface area (Å²) in [6, 6.07) is -0.598. The molecule has 3 N–H and O–H groups in total. The van der Waals surface area contributed by atoms with Crippen LogP contribution in [0.3, 0.4) is 0 Å². The summed E-state index contributed by atoms with van der Waals surface area (Å²) in [5, 5.41) is 4.16. The van der Waals surface area contributed by atoms with Gasteiger partial charge in [-0.15, -0.1) is 0 Å². The van der Waals surface area contributed by atoms with Crippen molar-refractivity contribution in [3.05, 3.63) is 11.6 Å². The molecule has 0 saturated heterocycles. The summed E-state index contributed by atoms with van der Waals surface area (Å²) in [5.41, 5.74) is 9.80. The van der Waals surface area contributed by atoms with Crippen LogP contribution < -0.4 is 11.2 Å². The Kier molecular flexibility index (Phi) is 5.38. The zero-order valence-corrected chi connectivity index (χ0v) is 11.9. The van der Waals surface area contributed by atoms with E-state index in [2.05, 4.69) is 44.3 Å². The summed E-state index contributed by atoms with van der Waals surface area (Å²) >= 11 is 0. The number of nitrogens with zero attached hydrogens (tertiary/aromatic N) is 1. The lowest BCUT2D eigenvalue weighted by atomic mass is 9.74. The number of allylic oxidation sites excluding steroid dienone is 2. The molecule has 0 spiro atoms. The van der Waals surface area contributed by atoms with Gasteiger partial charge in [-0.1, -0.05) is 32.4 Å². The molecule has 0 bridgehead atoms. The number of urea groups is 1. The van der Waals surface area contributed by atoms with Gasteiger partial charge in [-0.3, -0.25) is 0 Å². The van der Waals surface area contributed by atoms with Crippen molar-refractivity contribution in [3.8, 4) is 0 Å². The first kappa shape index (κ1) is 14.7. The minimum Gasteiger partial charge on any atom is -0.350 e. The van der Waals surface area contributed by atoms with E-state index in [-0.39, 0.29) is 0 Å². The second-order valence-corrected chi connectivity index (χ2v) is 5.41. The molecule has 0 aromatic rings. The maximum Gasteiger partial charge on any atom is 0.332 e. The SMILES string of the molecule is CC/C(=N/NC(N)=O)[C@@H]1C[C@@H](C(C)C)CC=C1C. The molecule has 4 nitrogen and oxygen atoms in total. The van der Waals surface area contributed by atoms with Gasteiger partial charge in [0.15, 0.2) is 0 Å². The van der Waals surface area contributed by atoms with Crippen molar-refractivity contribution < 1.29 is 4.79 Å². The number of hydrogen-bond acceptors (Lipinski definition) is 2. The molecular formula is C14H25N3O. The Labute approximate surface area is 110 Å². The predicted octanol–water partition coefficient (Wildman–Crippen LogP) is 3.05. The van der Waals surface area contributed by atoms with Crippen LogP contribution >= 0.6 is 0 Å². The predicted molar refractivity (Wildman–Crippen MR) is 75.3 cm³/mol. The highest BCUT2D eigenvalue weighted by Crippen LogP contribution is 2.34. The molecule has 0 aromatic heterocycles. The van der Waals surface area contributed by atoms with Gasteiger partial charge in [0.1, 0.15) is 0 Å². The average Bonchev–Trinajstić information content (AvgIpc) is 2.31. The molecule has 18 heavy (non-hydrogen) atoms. The van der Waals surface area contributed by atoms with Crippen LogP contribution in [0.25, 0.3) is 0 Å². The van der Waals surface area contributed by atoms with E-state index in [0.29, 0.717) is 17.8 Å². The maximum absolute atomic E-state index is 10.7. The van der Waals surface area contributed by atoms with E-state index in [1.165, 1.54) is 5.57 Å². The number of hydrazone groups is 1. The molecule has 102 valence electrons.